The number of carbonyl (C=O) groups is 2. The Morgan fingerprint density at radius 1 is 1.10 bits per heavy atom. The minimum Gasteiger partial charge on any atom is -0.277 e. The van der Waals surface area contributed by atoms with Crippen molar-refractivity contribution in [3.8, 4) is 0 Å². The molecule has 0 saturated heterocycles. The van der Waals surface area contributed by atoms with Gasteiger partial charge in [0.15, 0.2) is 0 Å². The molecular weight excluding hydrogens is 256 g/mol. The van der Waals surface area contributed by atoms with E-state index in [1.165, 1.54) is 5.56 Å². The molecule has 2 amide bonds. The zero-order valence-corrected chi connectivity index (χ0v) is 11.0. The number of hydrazone groups is 1. The van der Waals surface area contributed by atoms with Crippen molar-refractivity contribution in [3.63, 3.8) is 0 Å². The molecule has 0 aliphatic heterocycles. The molecule has 0 unspecified atom stereocenters. The highest BCUT2D eigenvalue weighted by molar-refractivity contribution is 5.85. The molecule has 1 saturated carbocycles. The molecule has 1 aliphatic carbocycles. The van der Waals surface area contributed by atoms with Crippen molar-refractivity contribution >= 4 is 24.2 Å². The van der Waals surface area contributed by atoms with Crippen molar-refractivity contribution < 1.29 is 9.59 Å². The first-order valence-corrected chi connectivity index (χ1v) is 6.52. The highest BCUT2D eigenvalue weighted by Gasteiger charge is 2.19. The fourth-order valence-electron chi connectivity index (χ4n) is 2.42. The quantitative estimate of drug-likeness (QED) is 0.507. The molecule has 0 atom stereocenters. The molecule has 1 N–H and O–H groups in total. The maximum absolute atomic E-state index is 10.2. The molecule has 1 aliphatic rings. The highest BCUT2D eigenvalue weighted by atomic mass is 16.1. The van der Waals surface area contributed by atoms with Gasteiger partial charge in [-0.3, -0.25) is 9.59 Å². The topological polar surface area (TPSA) is 83.2 Å². The molecule has 1 aromatic rings. The first kappa shape index (κ1) is 14.0. The van der Waals surface area contributed by atoms with E-state index >= 15 is 0 Å². The van der Waals surface area contributed by atoms with Crippen molar-refractivity contribution in [2.24, 2.45) is 15.3 Å². The van der Waals surface area contributed by atoms with Gasteiger partial charge in [-0.05, 0) is 49.3 Å². The maximum atomic E-state index is 10.2. The van der Waals surface area contributed by atoms with Crippen molar-refractivity contribution in [2.75, 3.05) is 0 Å². The standard InChI is InChI=1S/C14H16N4O2/c19-9-15-17-13-5-1-11(2-6-13)12-3-7-14(8-4-12)18-16-10-20/h1-2,5-6,9-10,12H,3-4,7-8H2,(H,16,20). The number of azo groups is 1. The average molecular weight is 272 g/mol. The Hall–Kier alpha value is -2.37. The molecule has 0 bridgehead atoms. The Kier molecular flexibility index (Phi) is 5.11. The molecule has 1 aromatic carbocycles. The number of nitrogens with zero attached hydrogens (tertiary/aromatic N) is 3. The summed E-state index contributed by atoms with van der Waals surface area (Å²) in [6, 6.07) is 7.77. The number of hydrogen-bond acceptors (Lipinski definition) is 4. The minimum absolute atomic E-state index is 0.420. The van der Waals surface area contributed by atoms with Crippen LogP contribution < -0.4 is 5.43 Å². The number of rotatable bonds is 5. The van der Waals surface area contributed by atoms with Gasteiger partial charge in [0.25, 0.3) is 6.41 Å². The van der Waals surface area contributed by atoms with E-state index in [0.717, 1.165) is 31.4 Å². The summed E-state index contributed by atoms with van der Waals surface area (Å²) >= 11 is 0. The third kappa shape index (κ3) is 3.81. The van der Waals surface area contributed by atoms with Crippen LogP contribution in [0, 0.1) is 0 Å². The molecule has 20 heavy (non-hydrogen) atoms. The molecule has 0 spiro atoms. The van der Waals surface area contributed by atoms with Crippen LogP contribution in [0.2, 0.25) is 0 Å². The molecule has 1 fully saturated rings. The van der Waals surface area contributed by atoms with Crippen molar-refractivity contribution in [1.29, 1.82) is 0 Å². The van der Waals surface area contributed by atoms with E-state index < -0.39 is 0 Å². The molecule has 0 heterocycles. The molecule has 104 valence electrons. The van der Waals surface area contributed by atoms with E-state index in [1.807, 2.05) is 24.3 Å². The second kappa shape index (κ2) is 7.28. The average Bonchev–Trinajstić information content (AvgIpc) is 2.52. The number of amides is 2. The third-order valence-electron chi connectivity index (χ3n) is 3.42. The Morgan fingerprint density at radius 3 is 2.40 bits per heavy atom. The van der Waals surface area contributed by atoms with Crippen LogP contribution in [0.15, 0.2) is 39.6 Å². The van der Waals surface area contributed by atoms with Crippen LogP contribution in [-0.2, 0) is 9.59 Å². The van der Waals surface area contributed by atoms with Crippen LogP contribution in [0.3, 0.4) is 0 Å². The van der Waals surface area contributed by atoms with Crippen molar-refractivity contribution in [1.82, 2.24) is 5.43 Å². The van der Waals surface area contributed by atoms with E-state index in [-0.39, 0.29) is 0 Å². The van der Waals surface area contributed by atoms with E-state index in [0.29, 0.717) is 24.4 Å². The summed E-state index contributed by atoms with van der Waals surface area (Å²) in [4.78, 5) is 20.3. The van der Waals surface area contributed by atoms with E-state index in [1.54, 1.807) is 0 Å². The van der Waals surface area contributed by atoms with Gasteiger partial charge in [-0.15, -0.1) is 10.2 Å². The summed E-state index contributed by atoms with van der Waals surface area (Å²) in [7, 11) is 0. The smallest absolute Gasteiger partial charge is 0.252 e. The van der Waals surface area contributed by atoms with Crippen molar-refractivity contribution in [3.05, 3.63) is 29.8 Å². The summed E-state index contributed by atoms with van der Waals surface area (Å²) in [6.07, 6.45) is 4.86. The van der Waals surface area contributed by atoms with Gasteiger partial charge in [0, 0.05) is 5.71 Å². The van der Waals surface area contributed by atoms with Gasteiger partial charge >= 0.3 is 0 Å². The molecule has 0 radical (unpaired) electrons. The van der Waals surface area contributed by atoms with E-state index in [2.05, 4.69) is 20.8 Å². The Bertz CT molecular complexity index is 512. The van der Waals surface area contributed by atoms with E-state index in [9.17, 15) is 9.59 Å². The SMILES string of the molecule is O=CN=Nc1ccc(C2CCC(=NNC=O)CC2)cc1. The van der Waals surface area contributed by atoms with Crippen LogP contribution in [0.4, 0.5) is 5.69 Å². The van der Waals surface area contributed by atoms with Gasteiger partial charge in [-0.25, -0.2) is 5.43 Å². The van der Waals surface area contributed by atoms with Gasteiger partial charge < -0.3 is 0 Å². The normalized spacial score (nSPS) is 18.8. The minimum atomic E-state index is 0.420. The molecule has 6 nitrogen and oxygen atoms in total. The molecular formula is C14H16N4O2. The third-order valence-corrected chi connectivity index (χ3v) is 3.42. The van der Waals surface area contributed by atoms with E-state index in [4.69, 9.17) is 0 Å². The van der Waals surface area contributed by atoms with Crippen LogP contribution in [-0.4, -0.2) is 18.5 Å². The number of nitrogens with one attached hydrogen (secondary N) is 1. The highest BCUT2D eigenvalue weighted by Crippen LogP contribution is 2.32. The van der Waals surface area contributed by atoms with Gasteiger partial charge in [0.05, 0.1) is 5.69 Å². The summed E-state index contributed by atoms with van der Waals surface area (Å²) in [5.74, 6) is 0.502. The monoisotopic (exact) mass is 272 g/mol. The summed E-state index contributed by atoms with van der Waals surface area (Å²) in [6.45, 7) is 0. The van der Waals surface area contributed by atoms with Crippen LogP contribution >= 0.6 is 0 Å². The van der Waals surface area contributed by atoms with Crippen LogP contribution in [0.5, 0.6) is 0 Å². The Labute approximate surface area is 117 Å². The maximum Gasteiger partial charge on any atom is 0.252 e. The summed E-state index contributed by atoms with van der Waals surface area (Å²) < 4.78 is 0. The second-order valence-corrected chi connectivity index (χ2v) is 4.61. The van der Waals surface area contributed by atoms with Crippen LogP contribution in [0.1, 0.15) is 37.2 Å². The zero-order valence-electron chi connectivity index (χ0n) is 11.0. The van der Waals surface area contributed by atoms with Gasteiger partial charge in [-0.2, -0.15) is 5.10 Å². The second-order valence-electron chi connectivity index (χ2n) is 4.61. The number of hydrogen-bond donors (Lipinski definition) is 1. The molecule has 0 aromatic heterocycles. The lowest BCUT2D eigenvalue weighted by Crippen LogP contribution is -2.16. The fraction of sp³-hybridized carbons (Fsp3) is 0.357. The Morgan fingerprint density at radius 2 is 1.80 bits per heavy atom. The zero-order chi connectivity index (χ0) is 14.2. The molecule has 6 heteroatoms. The first-order valence-electron chi connectivity index (χ1n) is 6.52. The molecule has 2 rings (SSSR count). The van der Waals surface area contributed by atoms with Gasteiger partial charge in [0.1, 0.15) is 0 Å². The van der Waals surface area contributed by atoms with Gasteiger partial charge in [0.2, 0.25) is 6.41 Å². The largest absolute Gasteiger partial charge is 0.277 e. The summed E-state index contributed by atoms with van der Waals surface area (Å²) in [5.41, 5.74) is 5.34. The summed E-state index contributed by atoms with van der Waals surface area (Å²) in [5, 5.41) is 11.1. The number of carbonyl (C=O) groups excluding carboxylic acids is 2. The van der Waals surface area contributed by atoms with Gasteiger partial charge in [-0.1, -0.05) is 12.1 Å². The first-order chi connectivity index (χ1) is 9.83. The predicted molar refractivity (Wildman–Crippen MR) is 74.9 cm³/mol. The lowest BCUT2D eigenvalue weighted by molar-refractivity contribution is -0.109. The number of benzene rings is 1. The fourth-order valence-corrected chi connectivity index (χ4v) is 2.42. The predicted octanol–water partition coefficient (Wildman–Crippen LogP) is 2.69. The lowest BCUT2D eigenvalue weighted by Gasteiger charge is -2.23. The van der Waals surface area contributed by atoms with Crippen LogP contribution in [0.25, 0.3) is 0 Å². The van der Waals surface area contributed by atoms with Crippen molar-refractivity contribution in [2.45, 2.75) is 31.6 Å². The Balaban J connectivity index is 1.95. The lowest BCUT2D eigenvalue weighted by atomic mass is 9.83.